The van der Waals surface area contributed by atoms with Crippen molar-refractivity contribution in [3.63, 3.8) is 0 Å². The fourth-order valence-corrected chi connectivity index (χ4v) is 4.45. The summed E-state index contributed by atoms with van der Waals surface area (Å²) in [5.41, 5.74) is 4.30. The van der Waals surface area contributed by atoms with Gasteiger partial charge in [0.1, 0.15) is 0 Å². The molecule has 2 aromatic heterocycles. The van der Waals surface area contributed by atoms with Crippen LogP contribution in [-0.2, 0) is 6.54 Å². The van der Waals surface area contributed by atoms with Gasteiger partial charge in [-0.15, -0.1) is 21.5 Å². The molecule has 0 unspecified atom stereocenters. The number of piperidine rings is 1. The summed E-state index contributed by atoms with van der Waals surface area (Å²) in [5.74, 6) is 1.58. The number of thiazole rings is 1. The summed E-state index contributed by atoms with van der Waals surface area (Å²) in [6, 6.07) is 12.3. The van der Waals surface area contributed by atoms with Gasteiger partial charge < -0.3 is 5.32 Å². The van der Waals surface area contributed by atoms with Crippen LogP contribution in [0.2, 0.25) is 0 Å². The van der Waals surface area contributed by atoms with Crippen LogP contribution in [0.4, 0.5) is 10.9 Å². The Morgan fingerprint density at radius 2 is 1.79 bits per heavy atom. The van der Waals surface area contributed by atoms with E-state index in [2.05, 4.69) is 70.4 Å². The zero-order valence-electron chi connectivity index (χ0n) is 16.8. The van der Waals surface area contributed by atoms with Gasteiger partial charge in [0.25, 0.3) is 0 Å². The molecule has 0 spiro atoms. The normalized spacial score (nSPS) is 15.7. The van der Waals surface area contributed by atoms with E-state index in [9.17, 15) is 0 Å². The molecule has 3 heterocycles. The Bertz CT molecular complexity index is 909. The SMILES string of the molecule is Cc1ccc(-c2ccc(Nc3nc(C)c(CN4CCC(C)CC4)s3)nn2)cc1. The van der Waals surface area contributed by atoms with E-state index in [1.54, 1.807) is 11.3 Å². The Balaban J connectivity index is 1.41. The van der Waals surface area contributed by atoms with Crippen molar-refractivity contribution < 1.29 is 0 Å². The molecule has 0 radical (unpaired) electrons. The Kier molecular flexibility index (Phi) is 5.69. The highest BCUT2D eigenvalue weighted by atomic mass is 32.1. The molecule has 0 saturated carbocycles. The summed E-state index contributed by atoms with van der Waals surface area (Å²) in [6.45, 7) is 9.90. The number of hydrogen-bond acceptors (Lipinski definition) is 6. The van der Waals surface area contributed by atoms with Gasteiger partial charge in [0.15, 0.2) is 10.9 Å². The van der Waals surface area contributed by atoms with E-state index < -0.39 is 0 Å². The fraction of sp³-hybridized carbons (Fsp3) is 0.409. The smallest absolute Gasteiger partial charge is 0.188 e. The first-order valence-electron chi connectivity index (χ1n) is 9.93. The molecule has 1 aliphatic heterocycles. The highest BCUT2D eigenvalue weighted by Gasteiger charge is 2.18. The van der Waals surface area contributed by atoms with Crippen LogP contribution in [-0.4, -0.2) is 33.2 Å². The van der Waals surface area contributed by atoms with Gasteiger partial charge >= 0.3 is 0 Å². The second-order valence-electron chi connectivity index (χ2n) is 7.78. The van der Waals surface area contributed by atoms with Gasteiger partial charge in [-0.2, -0.15) is 0 Å². The largest absolute Gasteiger partial charge is 0.315 e. The van der Waals surface area contributed by atoms with E-state index >= 15 is 0 Å². The van der Waals surface area contributed by atoms with Crippen LogP contribution in [0.25, 0.3) is 11.3 Å². The van der Waals surface area contributed by atoms with Gasteiger partial charge in [-0.25, -0.2) is 4.98 Å². The number of nitrogens with one attached hydrogen (secondary N) is 1. The van der Waals surface area contributed by atoms with Crippen molar-refractivity contribution in [3.8, 4) is 11.3 Å². The summed E-state index contributed by atoms with van der Waals surface area (Å²) in [5, 5.41) is 12.9. The summed E-state index contributed by atoms with van der Waals surface area (Å²) in [7, 11) is 0. The zero-order valence-corrected chi connectivity index (χ0v) is 17.6. The molecule has 6 heteroatoms. The predicted octanol–water partition coefficient (Wildman–Crippen LogP) is 5.19. The second kappa shape index (κ2) is 8.37. The first-order chi connectivity index (χ1) is 13.6. The summed E-state index contributed by atoms with van der Waals surface area (Å²) in [6.07, 6.45) is 2.59. The van der Waals surface area contributed by atoms with Gasteiger partial charge in [-0.1, -0.05) is 36.8 Å². The van der Waals surface area contributed by atoms with Gasteiger partial charge in [-0.05, 0) is 57.8 Å². The molecule has 1 fully saturated rings. The standard InChI is InChI=1S/C22H27N5S/c1-15-4-6-18(7-5-15)19-8-9-21(26-25-19)24-22-23-17(3)20(28-22)14-27-12-10-16(2)11-13-27/h4-9,16H,10-14H2,1-3H3,(H,23,24,26). The number of hydrogen-bond donors (Lipinski definition) is 1. The molecule has 1 aliphatic rings. The number of nitrogens with zero attached hydrogens (tertiary/aromatic N) is 4. The zero-order chi connectivity index (χ0) is 19.5. The lowest BCUT2D eigenvalue weighted by atomic mass is 9.99. The van der Waals surface area contributed by atoms with E-state index in [4.69, 9.17) is 0 Å². The molecule has 1 saturated heterocycles. The van der Waals surface area contributed by atoms with Crippen LogP contribution < -0.4 is 5.32 Å². The fourth-order valence-electron chi connectivity index (χ4n) is 3.44. The van der Waals surface area contributed by atoms with Crippen molar-refractivity contribution in [1.29, 1.82) is 0 Å². The van der Waals surface area contributed by atoms with Crippen LogP contribution >= 0.6 is 11.3 Å². The van der Waals surface area contributed by atoms with E-state index in [0.717, 1.165) is 40.4 Å². The van der Waals surface area contributed by atoms with Crippen molar-refractivity contribution in [2.45, 2.75) is 40.2 Å². The number of aryl methyl sites for hydroxylation is 2. The third-order valence-corrected chi connectivity index (χ3v) is 6.44. The van der Waals surface area contributed by atoms with Crippen molar-refractivity contribution >= 4 is 22.3 Å². The molecule has 0 amide bonds. The second-order valence-corrected chi connectivity index (χ2v) is 8.86. The average Bonchev–Trinajstić information content (AvgIpc) is 3.04. The molecule has 1 N–H and O–H groups in total. The minimum absolute atomic E-state index is 0.725. The van der Waals surface area contributed by atoms with Crippen LogP contribution in [0.15, 0.2) is 36.4 Å². The molecule has 1 aromatic carbocycles. The van der Waals surface area contributed by atoms with Crippen molar-refractivity contribution in [1.82, 2.24) is 20.1 Å². The molecule has 3 aromatic rings. The number of rotatable bonds is 5. The van der Waals surface area contributed by atoms with Gasteiger partial charge in [-0.3, -0.25) is 4.90 Å². The van der Waals surface area contributed by atoms with E-state index in [1.165, 1.54) is 36.4 Å². The molecule has 0 atom stereocenters. The minimum atomic E-state index is 0.725. The maximum absolute atomic E-state index is 4.69. The van der Waals surface area contributed by atoms with E-state index in [0.29, 0.717) is 0 Å². The van der Waals surface area contributed by atoms with Crippen molar-refractivity contribution in [2.24, 2.45) is 5.92 Å². The molecule has 28 heavy (non-hydrogen) atoms. The molecule has 4 rings (SSSR count). The Hall–Kier alpha value is -2.31. The third-order valence-electron chi connectivity index (χ3n) is 5.38. The van der Waals surface area contributed by atoms with E-state index in [-0.39, 0.29) is 0 Å². The quantitative estimate of drug-likeness (QED) is 0.646. The maximum Gasteiger partial charge on any atom is 0.188 e. The number of aromatic nitrogens is 3. The Morgan fingerprint density at radius 3 is 2.46 bits per heavy atom. The van der Waals surface area contributed by atoms with Crippen LogP contribution in [0.5, 0.6) is 0 Å². The molecule has 5 nitrogen and oxygen atoms in total. The lowest BCUT2D eigenvalue weighted by Crippen LogP contribution is -2.32. The molecule has 146 valence electrons. The van der Waals surface area contributed by atoms with E-state index in [1.807, 2.05) is 12.1 Å². The van der Waals surface area contributed by atoms with Crippen molar-refractivity contribution in [3.05, 3.63) is 52.5 Å². The Morgan fingerprint density at radius 1 is 1.04 bits per heavy atom. The van der Waals surface area contributed by atoms with Gasteiger partial charge in [0, 0.05) is 17.0 Å². The highest BCUT2D eigenvalue weighted by Crippen LogP contribution is 2.28. The molecule has 0 bridgehead atoms. The van der Waals surface area contributed by atoms with Crippen LogP contribution in [0.1, 0.15) is 35.9 Å². The summed E-state index contributed by atoms with van der Waals surface area (Å²) >= 11 is 1.72. The summed E-state index contributed by atoms with van der Waals surface area (Å²) < 4.78 is 0. The molecular formula is C22H27N5S. The maximum atomic E-state index is 4.69. The number of anilines is 2. The average molecular weight is 394 g/mol. The lowest BCUT2D eigenvalue weighted by Gasteiger charge is -2.29. The Labute approximate surface area is 170 Å². The first kappa shape index (κ1) is 19.0. The minimum Gasteiger partial charge on any atom is -0.315 e. The number of benzene rings is 1. The summed E-state index contributed by atoms with van der Waals surface area (Å²) in [4.78, 5) is 8.57. The lowest BCUT2D eigenvalue weighted by molar-refractivity contribution is 0.186. The topological polar surface area (TPSA) is 53.9 Å². The highest BCUT2D eigenvalue weighted by molar-refractivity contribution is 7.15. The van der Waals surface area contributed by atoms with Crippen molar-refractivity contribution in [2.75, 3.05) is 18.4 Å². The van der Waals surface area contributed by atoms with Gasteiger partial charge in [0.2, 0.25) is 0 Å². The predicted molar refractivity (Wildman–Crippen MR) is 116 cm³/mol. The van der Waals surface area contributed by atoms with Crippen LogP contribution in [0, 0.1) is 19.8 Å². The molecule has 0 aliphatic carbocycles. The van der Waals surface area contributed by atoms with Crippen LogP contribution in [0.3, 0.4) is 0 Å². The number of likely N-dealkylation sites (tertiary alicyclic amines) is 1. The first-order valence-corrected chi connectivity index (χ1v) is 10.7. The third kappa shape index (κ3) is 4.56. The molecular weight excluding hydrogens is 366 g/mol. The van der Waals surface area contributed by atoms with Gasteiger partial charge in [0.05, 0.1) is 11.4 Å². The monoisotopic (exact) mass is 393 g/mol.